The molecule has 0 amide bonds. The molecule has 2 rings (SSSR count). The zero-order valence-corrected chi connectivity index (χ0v) is 14.3. The summed E-state index contributed by atoms with van der Waals surface area (Å²) in [6.45, 7) is 2.48. The molecule has 0 radical (unpaired) electrons. The van der Waals surface area contributed by atoms with E-state index < -0.39 is 0 Å². The lowest BCUT2D eigenvalue weighted by molar-refractivity contribution is 0.304. The molecule has 100 valence electrons. The van der Waals surface area contributed by atoms with Crippen LogP contribution in [0.25, 0.3) is 0 Å². The van der Waals surface area contributed by atoms with Gasteiger partial charge in [-0.1, -0.05) is 45.7 Å². The maximum Gasteiger partial charge on any atom is 0.134 e. The summed E-state index contributed by atoms with van der Waals surface area (Å²) in [6, 6.07) is 12.0. The van der Waals surface area contributed by atoms with Crippen molar-refractivity contribution in [3.63, 3.8) is 0 Å². The summed E-state index contributed by atoms with van der Waals surface area (Å²) in [5.41, 5.74) is 3.34. The molecule has 2 aromatic rings. The monoisotopic (exact) mass is 402 g/mol. The third-order valence-electron chi connectivity index (χ3n) is 2.74. The minimum atomic E-state index is 0.464. The maximum atomic E-state index is 6.19. The van der Waals surface area contributed by atoms with Crippen LogP contribution >= 0.6 is 43.5 Å². The Labute approximate surface area is 135 Å². The number of aryl methyl sites for hydroxylation is 1. The highest BCUT2D eigenvalue weighted by Crippen LogP contribution is 2.28. The minimum Gasteiger partial charge on any atom is -0.488 e. The van der Waals surface area contributed by atoms with E-state index in [0.717, 1.165) is 31.7 Å². The van der Waals surface area contributed by atoms with Crippen molar-refractivity contribution in [2.24, 2.45) is 0 Å². The third-order valence-corrected chi connectivity index (χ3v) is 4.36. The van der Waals surface area contributed by atoms with E-state index in [0.29, 0.717) is 6.61 Å². The van der Waals surface area contributed by atoms with E-state index in [1.165, 1.54) is 5.56 Å². The van der Waals surface area contributed by atoms with Crippen LogP contribution in [0.2, 0.25) is 5.02 Å². The van der Waals surface area contributed by atoms with E-state index in [1.807, 2.05) is 43.3 Å². The molecule has 19 heavy (non-hydrogen) atoms. The first-order valence-electron chi connectivity index (χ1n) is 5.82. The maximum absolute atomic E-state index is 6.19. The van der Waals surface area contributed by atoms with Gasteiger partial charge >= 0.3 is 0 Å². The molecule has 0 heterocycles. The molecule has 4 heteroatoms. The summed E-state index contributed by atoms with van der Waals surface area (Å²) in [4.78, 5) is 0. The topological polar surface area (TPSA) is 9.23 Å². The molecule has 0 aromatic heterocycles. The van der Waals surface area contributed by atoms with E-state index >= 15 is 0 Å². The summed E-state index contributed by atoms with van der Waals surface area (Å²) in [6.07, 6.45) is 0. The molecule has 0 unspecified atom stereocenters. The first kappa shape index (κ1) is 14.9. The van der Waals surface area contributed by atoms with Gasteiger partial charge in [-0.15, -0.1) is 0 Å². The van der Waals surface area contributed by atoms with Gasteiger partial charge in [0, 0.05) is 15.9 Å². The van der Waals surface area contributed by atoms with Gasteiger partial charge in [0.2, 0.25) is 0 Å². The number of alkyl halides is 1. The zero-order chi connectivity index (χ0) is 13.8. The number of ether oxygens (including phenoxy) is 1. The van der Waals surface area contributed by atoms with Crippen LogP contribution < -0.4 is 4.74 Å². The van der Waals surface area contributed by atoms with Crippen LogP contribution in [0, 0.1) is 6.92 Å². The Morgan fingerprint density at radius 1 is 1.16 bits per heavy atom. The lowest BCUT2D eigenvalue weighted by atomic mass is 10.1. The van der Waals surface area contributed by atoms with E-state index in [4.69, 9.17) is 16.3 Å². The largest absolute Gasteiger partial charge is 0.488 e. The molecule has 2 aromatic carbocycles. The quantitative estimate of drug-likeness (QED) is 0.578. The van der Waals surface area contributed by atoms with Crippen molar-refractivity contribution in [3.8, 4) is 5.75 Å². The van der Waals surface area contributed by atoms with Crippen molar-refractivity contribution in [3.05, 3.63) is 62.6 Å². The highest BCUT2D eigenvalue weighted by atomic mass is 79.9. The van der Waals surface area contributed by atoms with Crippen LogP contribution in [0.1, 0.15) is 16.7 Å². The van der Waals surface area contributed by atoms with E-state index in [9.17, 15) is 0 Å². The Kier molecular flexibility index (Phi) is 5.31. The second kappa shape index (κ2) is 6.78. The summed E-state index contributed by atoms with van der Waals surface area (Å²) in [7, 11) is 0. The van der Waals surface area contributed by atoms with Crippen LogP contribution in [0.3, 0.4) is 0 Å². The molecule has 0 bridgehead atoms. The van der Waals surface area contributed by atoms with E-state index in [1.54, 1.807) is 0 Å². The standard InChI is InChI=1S/C15H13Br2ClO/c1-10-2-4-12(14(18)6-10)9-19-15-5-3-11(8-16)7-13(15)17/h2-7H,8-9H2,1H3. The zero-order valence-electron chi connectivity index (χ0n) is 10.4. The van der Waals surface area contributed by atoms with Crippen molar-refractivity contribution >= 4 is 43.5 Å². The number of rotatable bonds is 4. The molecule has 1 nitrogen and oxygen atoms in total. The van der Waals surface area contributed by atoms with Gasteiger partial charge in [-0.05, 0) is 52.2 Å². The van der Waals surface area contributed by atoms with Crippen molar-refractivity contribution in [2.45, 2.75) is 18.9 Å². The lowest BCUT2D eigenvalue weighted by Crippen LogP contribution is -1.97. The fourth-order valence-corrected chi connectivity index (χ4v) is 2.85. The Bertz CT molecular complexity index is 584. The van der Waals surface area contributed by atoms with Crippen molar-refractivity contribution in [1.29, 1.82) is 0 Å². The van der Waals surface area contributed by atoms with Gasteiger partial charge in [0.05, 0.1) is 4.47 Å². The van der Waals surface area contributed by atoms with Crippen LogP contribution in [0.5, 0.6) is 5.75 Å². The SMILES string of the molecule is Cc1ccc(COc2ccc(CBr)cc2Br)c(Cl)c1. The Hall–Kier alpha value is -0.510. The molecule has 0 saturated carbocycles. The molecule has 0 aliphatic heterocycles. The normalized spacial score (nSPS) is 10.5. The first-order chi connectivity index (χ1) is 9.10. The molecule has 0 aliphatic carbocycles. The van der Waals surface area contributed by atoms with Crippen molar-refractivity contribution < 1.29 is 4.74 Å². The third kappa shape index (κ3) is 3.98. The fraction of sp³-hybridized carbons (Fsp3) is 0.200. The summed E-state index contributed by atoms with van der Waals surface area (Å²) < 4.78 is 6.75. The van der Waals surface area contributed by atoms with Gasteiger partial charge in [-0.2, -0.15) is 0 Å². The molecule has 0 fully saturated rings. The Morgan fingerprint density at radius 3 is 2.58 bits per heavy atom. The van der Waals surface area contributed by atoms with Gasteiger partial charge in [-0.3, -0.25) is 0 Å². The van der Waals surface area contributed by atoms with Gasteiger partial charge in [0.25, 0.3) is 0 Å². The van der Waals surface area contributed by atoms with Gasteiger partial charge < -0.3 is 4.74 Å². The van der Waals surface area contributed by atoms with Crippen molar-refractivity contribution in [2.75, 3.05) is 0 Å². The highest BCUT2D eigenvalue weighted by Gasteiger charge is 2.05. The number of hydrogen-bond acceptors (Lipinski definition) is 1. The number of halogens is 3. The molecule has 0 N–H and O–H groups in total. The summed E-state index contributed by atoms with van der Waals surface area (Å²) in [5.74, 6) is 0.821. The summed E-state index contributed by atoms with van der Waals surface area (Å²) >= 11 is 13.1. The van der Waals surface area contributed by atoms with Crippen LogP contribution in [0.15, 0.2) is 40.9 Å². The van der Waals surface area contributed by atoms with E-state index in [2.05, 4.69) is 31.9 Å². The lowest BCUT2D eigenvalue weighted by Gasteiger charge is -2.10. The van der Waals surface area contributed by atoms with Crippen LogP contribution in [0.4, 0.5) is 0 Å². The Morgan fingerprint density at radius 2 is 1.95 bits per heavy atom. The molecular formula is C15H13Br2ClO. The summed E-state index contributed by atoms with van der Waals surface area (Å²) in [5, 5.41) is 1.57. The molecular weight excluding hydrogens is 391 g/mol. The van der Waals surface area contributed by atoms with Gasteiger partial charge in [0.1, 0.15) is 12.4 Å². The van der Waals surface area contributed by atoms with E-state index in [-0.39, 0.29) is 0 Å². The average Bonchev–Trinajstić information content (AvgIpc) is 2.39. The number of benzene rings is 2. The second-order valence-corrected chi connectivity index (χ2v) is 6.10. The highest BCUT2D eigenvalue weighted by molar-refractivity contribution is 9.10. The second-order valence-electron chi connectivity index (χ2n) is 4.28. The average molecular weight is 405 g/mol. The predicted octanol–water partition coefficient (Wildman–Crippen LogP) is 5.88. The molecule has 0 aliphatic rings. The van der Waals surface area contributed by atoms with Gasteiger partial charge in [-0.25, -0.2) is 0 Å². The minimum absolute atomic E-state index is 0.464. The van der Waals surface area contributed by atoms with Crippen LogP contribution in [-0.4, -0.2) is 0 Å². The van der Waals surface area contributed by atoms with Crippen molar-refractivity contribution in [1.82, 2.24) is 0 Å². The van der Waals surface area contributed by atoms with Crippen LogP contribution in [-0.2, 0) is 11.9 Å². The number of hydrogen-bond donors (Lipinski definition) is 0. The smallest absolute Gasteiger partial charge is 0.134 e. The first-order valence-corrected chi connectivity index (χ1v) is 8.11. The molecule has 0 saturated heterocycles. The van der Waals surface area contributed by atoms with Gasteiger partial charge in [0.15, 0.2) is 0 Å². The molecule has 0 atom stereocenters. The fourth-order valence-electron chi connectivity index (χ4n) is 1.67. The molecule has 0 spiro atoms. The Balaban J connectivity index is 2.10. The predicted molar refractivity (Wildman–Crippen MR) is 87.3 cm³/mol.